The molecule has 7 nitrogen and oxygen atoms in total. The van der Waals surface area contributed by atoms with Gasteiger partial charge in [-0.15, -0.1) is 0 Å². The van der Waals surface area contributed by atoms with E-state index in [4.69, 9.17) is 9.47 Å². The maximum absolute atomic E-state index is 12.7. The largest absolute Gasteiger partial charge is 0.387 e. The number of rotatable bonds is 5. The van der Waals surface area contributed by atoms with E-state index in [0.29, 0.717) is 45.8 Å². The van der Waals surface area contributed by atoms with Gasteiger partial charge < -0.3 is 24.4 Å². The van der Waals surface area contributed by atoms with Crippen molar-refractivity contribution in [1.82, 2.24) is 9.80 Å². The number of nitrogens with zero attached hydrogens (tertiary/aromatic N) is 2. The van der Waals surface area contributed by atoms with Crippen molar-refractivity contribution in [2.45, 2.75) is 51.6 Å². The van der Waals surface area contributed by atoms with Crippen LogP contribution in [0, 0.1) is 5.41 Å². The number of carbonyl (C=O) groups excluding carboxylic acids is 2. The summed E-state index contributed by atoms with van der Waals surface area (Å²) in [6.45, 7) is 7.61. The lowest BCUT2D eigenvalue weighted by molar-refractivity contribution is -0.146. The first kappa shape index (κ1) is 21.1. The van der Waals surface area contributed by atoms with E-state index in [1.165, 1.54) is 0 Å². The molecule has 0 aromatic rings. The predicted molar refractivity (Wildman–Crippen MR) is 97.7 cm³/mol. The molecule has 2 aliphatic rings. The Kier molecular flexibility index (Phi) is 7.43. The molecule has 2 amide bonds. The molecule has 26 heavy (non-hydrogen) atoms. The quantitative estimate of drug-likeness (QED) is 0.782. The van der Waals surface area contributed by atoms with E-state index < -0.39 is 11.0 Å². The molecule has 2 heterocycles. The van der Waals surface area contributed by atoms with Crippen molar-refractivity contribution in [3.63, 3.8) is 0 Å². The maximum Gasteiger partial charge on any atom is 0.230 e. The number of methoxy groups -OCH3 is 1. The molecule has 1 N–H and O–H groups in total. The average Bonchev–Trinajstić information content (AvgIpc) is 2.54. The summed E-state index contributed by atoms with van der Waals surface area (Å²) in [6.07, 6.45) is 3.02. The molecule has 1 unspecified atom stereocenters. The molecule has 0 aliphatic carbocycles. The Bertz CT molecular complexity index is 478. The van der Waals surface area contributed by atoms with Crippen LogP contribution in [0.4, 0.5) is 0 Å². The first-order chi connectivity index (χ1) is 12.3. The van der Waals surface area contributed by atoms with Crippen LogP contribution in [0.5, 0.6) is 0 Å². The van der Waals surface area contributed by atoms with Gasteiger partial charge in [0.2, 0.25) is 11.8 Å². The van der Waals surface area contributed by atoms with Gasteiger partial charge >= 0.3 is 0 Å². The Hall–Kier alpha value is -1.18. The summed E-state index contributed by atoms with van der Waals surface area (Å²) in [7, 11) is 1.61. The number of hydrogen-bond donors (Lipinski definition) is 1. The van der Waals surface area contributed by atoms with E-state index in [9.17, 15) is 14.7 Å². The van der Waals surface area contributed by atoms with Gasteiger partial charge in [-0.05, 0) is 39.5 Å². The summed E-state index contributed by atoms with van der Waals surface area (Å²) in [6, 6.07) is 0. The summed E-state index contributed by atoms with van der Waals surface area (Å²) in [4.78, 5) is 29.0. The zero-order valence-corrected chi connectivity index (χ0v) is 16.5. The Morgan fingerprint density at radius 1 is 1.12 bits per heavy atom. The highest BCUT2D eigenvalue weighted by Gasteiger charge is 2.35. The van der Waals surface area contributed by atoms with Crippen molar-refractivity contribution >= 4 is 11.8 Å². The minimum atomic E-state index is -1.02. The Labute approximate surface area is 156 Å². The van der Waals surface area contributed by atoms with Gasteiger partial charge in [-0.3, -0.25) is 9.59 Å². The van der Waals surface area contributed by atoms with Crippen LogP contribution in [-0.2, 0) is 19.1 Å². The maximum atomic E-state index is 12.7. The standard InChI is InChI=1S/C19H34N2O5/c1-18(2,14-25-3)17(23)21-10-5-8-20(9-6-11-21)16(22)13-19(24)7-4-12-26-15-19/h24H,4-15H2,1-3H3. The molecule has 0 radical (unpaired) electrons. The second kappa shape index (κ2) is 9.15. The fourth-order valence-electron chi connectivity index (χ4n) is 3.80. The Morgan fingerprint density at radius 2 is 1.73 bits per heavy atom. The molecule has 2 fully saturated rings. The fraction of sp³-hybridized carbons (Fsp3) is 0.895. The van der Waals surface area contributed by atoms with Crippen molar-refractivity contribution in [3.05, 3.63) is 0 Å². The van der Waals surface area contributed by atoms with Gasteiger partial charge in [-0.25, -0.2) is 0 Å². The smallest absolute Gasteiger partial charge is 0.230 e. The minimum absolute atomic E-state index is 0.0162. The molecule has 7 heteroatoms. The number of ether oxygens (including phenoxy) is 2. The van der Waals surface area contributed by atoms with Gasteiger partial charge in [0.05, 0.1) is 30.7 Å². The molecule has 0 aromatic heterocycles. The highest BCUT2D eigenvalue weighted by Crippen LogP contribution is 2.24. The summed E-state index contributed by atoms with van der Waals surface area (Å²) >= 11 is 0. The van der Waals surface area contributed by atoms with Gasteiger partial charge in [-0.2, -0.15) is 0 Å². The highest BCUT2D eigenvalue weighted by molar-refractivity contribution is 5.82. The van der Waals surface area contributed by atoms with E-state index in [2.05, 4.69) is 0 Å². The van der Waals surface area contributed by atoms with E-state index >= 15 is 0 Å². The topological polar surface area (TPSA) is 79.3 Å². The first-order valence-electron chi connectivity index (χ1n) is 9.64. The summed E-state index contributed by atoms with van der Waals surface area (Å²) in [5.41, 5.74) is -1.56. The summed E-state index contributed by atoms with van der Waals surface area (Å²) in [5, 5.41) is 10.5. The van der Waals surface area contributed by atoms with Crippen LogP contribution >= 0.6 is 0 Å². The van der Waals surface area contributed by atoms with Crippen LogP contribution < -0.4 is 0 Å². The van der Waals surface area contributed by atoms with Crippen LogP contribution in [0.2, 0.25) is 0 Å². The van der Waals surface area contributed by atoms with Crippen LogP contribution in [0.15, 0.2) is 0 Å². The Morgan fingerprint density at radius 3 is 2.27 bits per heavy atom. The SMILES string of the molecule is COCC(C)(C)C(=O)N1CCCN(C(=O)CC2(O)CCCOC2)CCC1. The lowest BCUT2D eigenvalue weighted by atomic mass is 9.92. The number of amides is 2. The van der Waals surface area contributed by atoms with E-state index in [1.807, 2.05) is 23.6 Å². The van der Waals surface area contributed by atoms with E-state index in [-0.39, 0.29) is 24.8 Å². The van der Waals surface area contributed by atoms with Crippen molar-refractivity contribution in [3.8, 4) is 0 Å². The first-order valence-corrected chi connectivity index (χ1v) is 9.64. The van der Waals surface area contributed by atoms with Crippen molar-refractivity contribution in [2.24, 2.45) is 5.41 Å². The number of aliphatic hydroxyl groups is 1. The van der Waals surface area contributed by atoms with Crippen LogP contribution in [-0.4, -0.2) is 85.4 Å². The summed E-state index contributed by atoms with van der Waals surface area (Å²) < 4.78 is 10.5. The second-order valence-electron chi connectivity index (χ2n) is 8.25. The molecule has 2 saturated heterocycles. The molecule has 0 saturated carbocycles. The molecule has 0 bridgehead atoms. The summed E-state index contributed by atoms with van der Waals surface area (Å²) in [5.74, 6) is 0.0882. The highest BCUT2D eigenvalue weighted by atomic mass is 16.5. The molecule has 0 aromatic carbocycles. The van der Waals surface area contributed by atoms with E-state index in [0.717, 1.165) is 19.3 Å². The third kappa shape index (κ3) is 5.66. The van der Waals surface area contributed by atoms with Crippen molar-refractivity contribution < 1.29 is 24.2 Å². The lowest BCUT2D eigenvalue weighted by Crippen LogP contribution is -2.49. The third-order valence-corrected chi connectivity index (χ3v) is 5.22. The zero-order valence-electron chi connectivity index (χ0n) is 16.5. The average molecular weight is 370 g/mol. The molecule has 2 aliphatic heterocycles. The fourth-order valence-corrected chi connectivity index (χ4v) is 3.80. The van der Waals surface area contributed by atoms with Crippen LogP contribution in [0.3, 0.4) is 0 Å². The van der Waals surface area contributed by atoms with Crippen LogP contribution in [0.1, 0.15) is 46.0 Å². The molecule has 1 atom stereocenters. The Balaban J connectivity index is 1.85. The van der Waals surface area contributed by atoms with Crippen molar-refractivity contribution in [2.75, 3.05) is 53.1 Å². The minimum Gasteiger partial charge on any atom is -0.387 e. The zero-order chi connectivity index (χ0) is 19.2. The number of hydrogen-bond acceptors (Lipinski definition) is 5. The van der Waals surface area contributed by atoms with Crippen molar-refractivity contribution in [1.29, 1.82) is 0 Å². The van der Waals surface area contributed by atoms with Gasteiger partial charge in [0.25, 0.3) is 0 Å². The molecular weight excluding hydrogens is 336 g/mol. The second-order valence-corrected chi connectivity index (χ2v) is 8.25. The third-order valence-electron chi connectivity index (χ3n) is 5.22. The van der Waals surface area contributed by atoms with E-state index in [1.54, 1.807) is 7.11 Å². The number of carbonyl (C=O) groups is 2. The molecule has 2 rings (SSSR count). The normalized spacial score (nSPS) is 25.5. The lowest BCUT2D eigenvalue weighted by Gasteiger charge is -2.36. The monoisotopic (exact) mass is 370 g/mol. The molecular formula is C19H34N2O5. The van der Waals surface area contributed by atoms with Gasteiger partial charge in [-0.1, -0.05) is 0 Å². The van der Waals surface area contributed by atoms with Gasteiger partial charge in [0.15, 0.2) is 0 Å². The van der Waals surface area contributed by atoms with Gasteiger partial charge in [0.1, 0.15) is 0 Å². The molecule has 150 valence electrons. The predicted octanol–water partition coefficient (Wildman–Crippen LogP) is 1.04. The van der Waals surface area contributed by atoms with Crippen LogP contribution in [0.25, 0.3) is 0 Å². The molecule has 0 spiro atoms. The van der Waals surface area contributed by atoms with Gasteiger partial charge in [0, 0.05) is 39.9 Å².